The average molecular weight is 459 g/mol. The Morgan fingerprint density at radius 3 is 1.69 bits per heavy atom. The van der Waals surface area contributed by atoms with Crippen molar-refractivity contribution >= 4 is 43.6 Å². The standard InChI is InChI=1S/C32H18N4/c33-19-21-14-15-22(20-34)30(16-21)36-29-13-7-5-11-25(29)27-17-31-26(18-32(27)36)24-10-4-6-12-28(24)35(31)23-8-2-1-3-9-23/h1-18H. The van der Waals surface area contributed by atoms with Crippen molar-refractivity contribution in [2.75, 3.05) is 0 Å². The minimum atomic E-state index is 0.525. The van der Waals surface area contributed by atoms with Gasteiger partial charge < -0.3 is 9.13 Å². The topological polar surface area (TPSA) is 57.4 Å². The summed E-state index contributed by atoms with van der Waals surface area (Å²) in [5.74, 6) is 0. The third kappa shape index (κ3) is 2.73. The van der Waals surface area contributed by atoms with Crippen molar-refractivity contribution in [2.45, 2.75) is 0 Å². The largest absolute Gasteiger partial charge is 0.309 e. The Morgan fingerprint density at radius 1 is 0.472 bits per heavy atom. The van der Waals surface area contributed by atoms with Gasteiger partial charge in [-0.15, -0.1) is 0 Å². The first kappa shape index (κ1) is 20.1. The molecule has 166 valence electrons. The third-order valence-corrected chi connectivity index (χ3v) is 6.97. The molecule has 7 aromatic rings. The SMILES string of the molecule is N#Cc1ccc(C#N)c(-n2c3ccccc3c3cc4c(cc32)c2ccccc2n4-c2ccccc2)c1. The van der Waals surface area contributed by atoms with Gasteiger partial charge in [-0.1, -0.05) is 54.6 Å². The van der Waals surface area contributed by atoms with Crippen LogP contribution >= 0.6 is 0 Å². The molecule has 0 N–H and O–H groups in total. The van der Waals surface area contributed by atoms with E-state index in [4.69, 9.17) is 0 Å². The molecule has 0 radical (unpaired) electrons. The predicted molar refractivity (Wildman–Crippen MR) is 145 cm³/mol. The number of fused-ring (bicyclic) bond motifs is 6. The highest BCUT2D eigenvalue weighted by Crippen LogP contribution is 2.39. The Balaban J connectivity index is 1.70. The Morgan fingerprint density at radius 2 is 1.06 bits per heavy atom. The molecule has 2 heterocycles. The molecular formula is C32H18N4. The summed E-state index contributed by atoms with van der Waals surface area (Å²) in [6.07, 6.45) is 0. The first-order valence-corrected chi connectivity index (χ1v) is 11.7. The van der Waals surface area contributed by atoms with Gasteiger partial charge in [-0.2, -0.15) is 10.5 Å². The van der Waals surface area contributed by atoms with Crippen molar-refractivity contribution in [2.24, 2.45) is 0 Å². The predicted octanol–water partition coefficient (Wildman–Crippen LogP) is 7.62. The number of nitriles is 2. The fraction of sp³-hybridized carbons (Fsp3) is 0. The van der Waals surface area contributed by atoms with Crippen molar-refractivity contribution in [1.82, 2.24) is 9.13 Å². The molecule has 5 aromatic carbocycles. The Hall–Kier alpha value is -5.32. The van der Waals surface area contributed by atoms with Crippen LogP contribution in [0.5, 0.6) is 0 Å². The van der Waals surface area contributed by atoms with Gasteiger partial charge in [0.25, 0.3) is 0 Å². The number of rotatable bonds is 2. The minimum Gasteiger partial charge on any atom is -0.309 e. The number of nitrogens with zero attached hydrogens (tertiary/aromatic N) is 4. The third-order valence-electron chi connectivity index (χ3n) is 6.97. The van der Waals surface area contributed by atoms with Crippen LogP contribution in [0.2, 0.25) is 0 Å². The Bertz CT molecular complexity index is 2060. The van der Waals surface area contributed by atoms with Gasteiger partial charge in [0.05, 0.1) is 45.0 Å². The van der Waals surface area contributed by atoms with Gasteiger partial charge in [0, 0.05) is 27.2 Å². The number of aromatic nitrogens is 2. The number of hydrogen-bond acceptors (Lipinski definition) is 2. The van der Waals surface area contributed by atoms with Gasteiger partial charge in [0.2, 0.25) is 0 Å². The smallest absolute Gasteiger partial charge is 0.101 e. The van der Waals surface area contributed by atoms with Crippen molar-refractivity contribution in [3.63, 3.8) is 0 Å². The zero-order valence-electron chi connectivity index (χ0n) is 19.2. The molecule has 0 atom stereocenters. The molecule has 4 nitrogen and oxygen atoms in total. The van der Waals surface area contributed by atoms with E-state index in [1.807, 2.05) is 24.3 Å². The first-order chi connectivity index (χ1) is 17.8. The normalized spacial score (nSPS) is 11.3. The fourth-order valence-electron chi connectivity index (χ4n) is 5.43. The van der Waals surface area contributed by atoms with E-state index in [-0.39, 0.29) is 0 Å². The van der Waals surface area contributed by atoms with Gasteiger partial charge in [-0.05, 0) is 54.6 Å². The minimum absolute atomic E-state index is 0.525. The maximum absolute atomic E-state index is 9.92. The first-order valence-electron chi connectivity index (χ1n) is 11.7. The van der Waals surface area contributed by atoms with Crippen molar-refractivity contribution in [1.29, 1.82) is 10.5 Å². The summed E-state index contributed by atoms with van der Waals surface area (Å²) >= 11 is 0. The number of para-hydroxylation sites is 3. The van der Waals surface area contributed by atoms with E-state index in [0.717, 1.165) is 43.9 Å². The van der Waals surface area contributed by atoms with Crippen molar-refractivity contribution < 1.29 is 0 Å². The summed E-state index contributed by atoms with van der Waals surface area (Å²) in [6, 6.07) is 41.4. The second-order valence-electron chi connectivity index (χ2n) is 8.88. The van der Waals surface area contributed by atoms with E-state index < -0.39 is 0 Å². The van der Waals surface area contributed by atoms with Crippen LogP contribution in [-0.4, -0.2) is 9.13 Å². The van der Waals surface area contributed by atoms with Crippen LogP contribution in [0.1, 0.15) is 11.1 Å². The molecule has 36 heavy (non-hydrogen) atoms. The molecule has 0 fully saturated rings. The van der Waals surface area contributed by atoms with Crippen LogP contribution in [-0.2, 0) is 0 Å². The molecule has 0 saturated heterocycles. The van der Waals surface area contributed by atoms with Gasteiger partial charge in [0.15, 0.2) is 0 Å². The van der Waals surface area contributed by atoms with E-state index in [1.54, 1.807) is 12.1 Å². The highest BCUT2D eigenvalue weighted by Gasteiger charge is 2.19. The van der Waals surface area contributed by atoms with Crippen LogP contribution in [0, 0.1) is 22.7 Å². The summed E-state index contributed by atoms with van der Waals surface area (Å²) in [6.45, 7) is 0. The van der Waals surface area contributed by atoms with Crippen LogP contribution in [0.4, 0.5) is 0 Å². The quantitative estimate of drug-likeness (QED) is 0.267. The van der Waals surface area contributed by atoms with Gasteiger partial charge >= 0.3 is 0 Å². The van der Waals surface area contributed by atoms with Crippen LogP contribution in [0.3, 0.4) is 0 Å². The lowest BCUT2D eigenvalue weighted by atomic mass is 10.1. The molecule has 7 rings (SSSR count). The molecule has 0 unspecified atom stereocenters. The van der Waals surface area contributed by atoms with Crippen molar-refractivity contribution in [3.8, 4) is 23.5 Å². The molecule has 0 bridgehead atoms. The summed E-state index contributed by atoms with van der Waals surface area (Å²) in [5, 5.41) is 24.0. The molecule has 0 aliphatic rings. The lowest BCUT2D eigenvalue weighted by Crippen LogP contribution is -1.98. The lowest BCUT2D eigenvalue weighted by molar-refractivity contribution is 1.16. The molecule has 0 saturated carbocycles. The molecule has 0 aliphatic heterocycles. The summed E-state index contributed by atoms with van der Waals surface area (Å²) in [5.41, 5.74) is 7.17. The van der Waals surface area contributed by atoms with Crippen molar-refractivity contribution in [3.05, 3.63) is 120 Å². The zero-order chi connectivity index (χ0) is 24.2. The monoisotopic (exact) mass is 458 g/mol. The van der Waals surface area contributed by atoms with Gasteiger partial charge in [-0.3, -0.25) is 0 Å². The van der Waals surface area contributed by atoms with E-state index in [9.17, 15) is 10.5 Å². The van der Waals surface area contributed by atoms with E-state index >= 15 is 0 Å². The highest BCUT2D eigenvalue weighted by molar-refractivity contribution is 6.19. The van der Waals surface area contributed by atoms with E-state index in [2.05, 4.69) is 94.1 Å². The Labute approximate surface area is 207 Å². The van der Waals surface area contributed by atoms with E-state index in [1.165, 1.54) is 5.39 Å². The molecule has 4 heteroatoms. The second kappa shape index (κ2) is 7.60. The average Bonchev–Trinajstić information content (AvgIpc) is 3.44. The molecule has 0 aliphatic carbocycles. The molecule has 0 spiro atoms. The van der Waals surface area contributed by atoms with Crippen LogP contribution in [0.15, 0.2) is 109 Å². The lowest BCUT2D eigenvalue weighted by Gasteiger charge is -2.11. The summed E-state index contributed by atoms with van der Waals surface area (Å²) in [7, 11) is 0. The number of hydrogen-bond donors (Lipinski definition) is 0. The second-order valence-corrected chi connectivity index (χ2v) is 8.88. The van der Waals surface area contributed by atoms with Crippen LogP contribution in [0.25, 0.3) is 55.0 Å². The summed E-state index contributed by atoms with van der Waals surface area (Å²) in [4.78, 5) is 0. The maximum Gasteiger partial charge on any atom is 0.101 e. The molecule has 0 amide bonds. The maximum atomic E-state index is 9.92. The van der Waals surface area contributed by atoms with Gasteiger partial charge in [-0.25, -0.2) is 0 Å². The highest BCUT2D eigenvalue weighted by atomic mass is 15.0. The summed E-state index contributed by atoms with van der Waals surface area (Å²) < 4.78 is 4.44. The van der Waals surface area contributed by atoms with Crippen LogP contribution < -0.4 is 0 Å². The Kier molecular flexibility index (Phi) is 4.24. The molecular weight excluding hydrogens is 440 g/mol. The molecule has 2 aromatic heterocycles. The fourth-order valence-corrected chi connectivity index (χ4v) is 5.43. The van der Waals surface area contributed by atoms with E-state index in [0.29, 0.717) is 16.8 Å². The zero-order valence-corrected chi connectivity index (χ0v) is 19.2. The van der Waals surface area contributed by atoms with Gasteiger partial charge in [0.1, 0.15) is 6.07 Å². The number of benzene rings is 5.